The van der Waals surface area contributed by atoms with Crippen LogP contribution in [0.5, 0.6) is 0 Å². The van der Waals surface area contributed by atoms with Gasteiger partial charge in [0.15, 0.2) is 0 Å². The smallest absolute Gasteiger partial charge is 0.250 e. The van der Waals surface area contributed by atoms with Crippen LogP contribution in [0.4, 0.5) is 10.1 Å². The van der Waals surface area contributed by atoms with Gasteiger partial charge in [-0.25, -0.2) is 4.39 Å². The zero-order valence-electron chi connectivity index (χ0n) is 8.77. The van der Waals surface area contributed by atoms with Crippen LogP contribution < -0.4 is 11.3 Å². The zero-order valence-corrected chi connectivity index (χ0v) is 8.77. The number of hydrogen-bond acceptors (Lipinski definition) is 2. The van der Waals surface area contributed by atoms with Gasteiger partial charge in [-0.15, -0.1) is 0 Å². The lowest BCUT2D eigenvalue weighted by molar-refractivity contribution is 0.631. The van der Waals surface area contributed by atoms with Crippen molar-refractivity contribution in [3.8, 4) is 11.1 Å². The predicted molar refractivity (Wildman–Crippen MR) is 61.5 cm³/mol. The minimum absolute atomic E-state index is 0.181. The normalized spacial score (nSPS) is 10.4. The first-order chi connectivity index (χ1) is 7.58. The van der Waals surface area contributed by atoms with Crippen LogP contribution in [-0.4, -0.2) is 4.57 Å². The molecule has 1 aromatic heterocycles. The van der Waals surface area contributed by atoms with Crippen LogP contribution in [0.1, 0.15) is 0 Å². The molecule has 3 nitrogen and oxygen atoms in total. The highest BCUT2D eigenvalue weighted by Crippen LogP contribution is 2.23. The molecule has 1 heterocycles. The molecule has 0 aliphatic carbocycles. The Labute approximate surface area is 92.0 Å². The third-order valence-corrected chi connectivity index (χ3v) is 2.41. The number of benzene rings is 1. The number of nitrogens with two attached hydrogens (primary N) is 1. The number of hydrogen-bond donors (Lipinski definition) is 1. The molecule has 1 aromatic carbocycles. The van der Waals surface area contributed by atoms with Crippen molar-refractivity contribution < 1.29 is 4.39 Å². The van der Waals surface area contributed by atoms with Gasteiger partial charge < -0.3 is 10.3 Å². The summed E-state index contributed by atoms with van der Waals surface area (Å²) in [7, 11) is 1.64. The number of aromatic nitrogens is 1. The number of nitrogens with zero attached hydrogens (tertiary/aromatic N) is 1. The largest absolute Gasteiger partial charge is 0.399 e. The molecule has 0 saturated heterocycles. The summed E-state index contributed by atoms with van der Waals surface area (Å²) in [5, 5.41) is 0. The van der Waals surface area contributed by atoms with Crippen molar-refractivity contribution in [3.63, 3.8) is 0 Å². The van der Waals surface area contributed by atoms with Crippen molar-refractivity contribution in [2.45, 2.75) is 0 Å². The maximum absolute atomic E-state index is 13.5. The van der Waals surface area contributed by atoms with Crippen LogP contribution >= 0.6 is 0 Å². The van der Waals surface area contributed by atoms with E-state index >= 15 is 0 Å². The molecule has 0 radical (unpaired) electrons. The van der Waals surface area contributed by atoms with E-state index in [1.54, 1.807) is 19.3 Å². The van der Waals surface area contributed by atoms with Gasteiger partial charge in [-0.3, -0.25) is 4.79 Å². The summed E-state index contributed by atoms with van der Waals surface area (Å²) in [6.45, 7) is 0. The topological polar surface area (TPSA) is 48.0 Å². The highest BCUT2D eigenvalue weighted by molar-refractivity contribution is 5.67. The Balaban J connectivity index is 2.63. The number of aryl methyl sites for hydroxylation is 1. The first kappa shape index (κ1) is 10.4. The average Bonchev–Trinajstić information content (AvgIpc) is 2.26. The molecule has 2 aromatic rings. The maximum atomic E-state index is 13.5. The standard InChI is InChI=1S/C12H11FN2O/c1-15-5-4-8(6-12(15)16)10-7-9(14)2-3-11(10)13/h2-7H,14H2,1H3. The molecular formula is C12H11FN2O. The minimum Gasteiger partial charge on any atom is -0.399 e. The molecule has 0 saturated carbocycles. The van der Waals surface area contributed by atoms with Gasteiger partial charge in [0.25, 0.3) is 5.56 Å². The summed E-state index contributed by atoms with van der Waals surface area (Å²) in [4.78, 5) is 11.4. The second kappa shape index (κ2) is 3.81. The lowest BCUT2D eigenvalue weighted by Gasteiger charge is -2.05. The molecular weight excluding hydrogens is 207 g/mol. The number of halogens is 1. The van der Waals surface area contributed by atoms with Gasteiger partial charge in [0, 0.05) is 30.6 Å². The van der Waals surface area contributed by atoms with E-state index in [-0.39, 0.29) is 11.4 Å². The molecule has 0 unspecified atom stereocenters. The fourth-order valence-corrected chi connectivity index (χ4v) is 1.48. The van der Waals surface area contributed by atoms with E-state index in [4.69, 9.17) is 5.73 Å². The SMILES string of the molecule is Cn1ccc(-c2cc(N)ccc2F)cc1=O. The molecule has 0 bridgehead atoms. The third-order valence-electron chi connectivity index (χ3n) is 2.41. The predicted octanol–water partition coefficient (Wildman–Crippen LogP) is 1.77. The van der Waals surface area contributed by atoms with E-state index in [0.29, 0.717) is 16.8 Å². The van der Waals surface area contributed by atoms with Crippen molar-refractivity contribution >= 4 is 5.69 Å². The summed E-state index contributed by atoms with van der Waals surface area (Å²) in [6, 6.07) is 7.36. The van der Waals surface area contributed by atoms with Crippen LogP contribution in [0.25, 0.3) is 11.1 Å². The fraction of sp³-hybridized carbons (Fsp3) is 0.0833. The molecule has 0 fully saturated rings. The van der Waals surface area contributed by atoms with Crippen molar-refractivity contribution in [3.05, 3.63) is 52.7 Å². The average molecular weight is 218 g/mol. The van der Waals surface area contributed by atoms with Gasteiger partial charge in [-0.1, -0.05) is 0 Å². The van der Waals surface area contributed by atoms with E-state index in [1.165, 1.54) is 28.8 Å². The van der Waals surface area contributed by atoms with Crippen molar-refractivity contribution in [2.24, 2.45) is 7.05 Å². The van der Waals surface area contributed by atoms with Gasteiger partial charge in [-0.2, -0.15) is 0 Å². The zero-order chi connectivity index (χ0) is 11.7. The first-order valence-corrected chi connectivity index (χ1v) is 4.80. The Kier molecular flexibility index (Phi) is 2.48. The quantitative estimate of drug-likeness (QED) is 0.741. The van der Waals surface area contributed by atoms with E-state index in [2.05, 4.69) is 0 Å². The number of nitrogen functional groups attached to an aromatic ring is 1. The molecule has 2 N–H and O–H groups in total. The fourth-order valence-electron chi connectivity index (χ4n) is 1.48. The Morgan fingerprint density at radius 2 is 2.00 bits per heavy atom. The Hall–Kier alpha value is -2.10. The van der Waals surface area contributed by atoms with Gasteiger partial charge >= 0.3 is 0 Å². The van der Waals surface area contributed by atoms with E-state index in [0.717, 1.165) is 0 Å². The number of anilines is 1. The van der Waals surface area contributed by atoms with Crippen molar-refractivity contribution in [1.29, 1.82) is 0 Å². The summed E-state index contributed by atoms with van der Waals surface area (Å²) in [6.07, 6.45) is 1.60. The Bertz CT molecular complexity index is 590. The monoisotopic (exact) mass is 218 g/mol. The van der Waals surface area contributed by atoms with E-state index in [9.17, 15) is 9.18 Å². The van der Waals surface area contributed by atoms with Gasteiger partial charge in [0.05, 0.1) is 0 Å². The third kappa shape index (κ3) is 1.82. The molecule has 0 amide bonds. The molecule has 0 aliphatic rings. The minimum atomic E-state index is -0.387. The van der Waals surface area contributed by atoms with Crippen LogP contribution in [0.15, 0.2) is 41.3 Å². The lowest BCUT2D eigenvalue weighted by atomic mass is 10.1. The highest BCUT2D eigenvalue weighted by atomic mass is 19.1. The van der Waals surface area contributed by atoms with Crippen molar-refractivity contribution in [2.75, 3.05) is 5.73 Å². The number of pyridine rings is 1. The van der Waals surface area contributed by atoms with Gasteiger partial charge in [-0.05, 0) is 29.8 Å². The summed E-state index contributed by atoms with van der Waals surface area (Å²) in [5.74, 6) is -0.387. The molecule has 2 rings (SSSR count). The van der Waals surface area contributed by atoms with Crippen LogP contribution in [0, 0.1) is 5.82 Å². The number of rotatable bonds is 1. The Morgan fingerprint density at radius 3 is 2.69 bits per heavy atom. The molecule has 4 heteroatoms. The Morgan fingerprint density at radius 1 is 1.25 bits per heavy atom. The molecule has 82 valence electrons. The summed E-state index contributed by atoms with van der Waals surface area (Å²) < 4.78 is 14.9. The molecule has 0 spiro atoms. The van der Waals surface area contributed by atoms with Crippen molar-refractivity contribution in [1.82, 2.24) is 4.57 Å². The highest BCUT2D eigenvalue weighted by Gasteiger charge is 2.06. The summed E-state index contributed by atoms with van der Waals surface area (Å²) in [5.41, 5.74) is 6.75. The van der Waals surface area contributed by atoms with Crippen LogP contribution in [-0.2, 0) is 7.05 Å². The van der Waals surface area contributed by atoms with Gasteiger partial charge in [0.2, 0.25) is 0 Å². The van der Waals surface area contributed by atoms with E-state index in [1.807, 2.05) is 0 Å². The lowest BCUT2D eigenvalue weighted by Crippen LogP contribution is -2.14. The van der Waals surface area contributed by atoms with Gasteiger partial charge in [0.1, 0.15) is 5.82 Å². The molecule has 16 heavy (non-hydrogen) atoms. The van der Waals surface area contributed by atoms with E-state index < -0.39 is 0 Å². The maximum Gasteiger partial charge on any atom is 0.250 e. The molecule has 0 atom stereocenters. The second-order valence-electron chi connectivity index (χ2n) is 3.60. The van der Waals surface area contributed by atoms with Crippen LogP contribution in [0.2, 0.25) is 0 Å². The summed E-state index contributed by atoms with van der Waals surface area (Å²) >= 11 is 0. The first-order valence-electron chi connectivity index (χ1n) is 4.80. The second-order valence-corrected chi connectivity index (χ2v) is 3.60. The van der Waals surface area contributed by atoms with Crippen LogP contribution in [0.3, 0.4) is 0 Å². The molecule has 0 aliphatic heterocycles.